The average molecular weight is 366 g/mol. The van der Waals surface area contributed by atoms with Crippen LogP contribution in [0.3, 0.4) is 0 Å². The Balaban J connectivity index is 0.000000358. The maximum atomic E-state index is 7.51. The van der Waals surface area contributed by atoms with Crippen LogP contribution in [0.5, 0.6) is 0 Å². The predicted octanol–water partition coefficient (Wildman–Crippen LogP) is 7.68. The van der Waals surface area contributed by atoms with Crippen molar-refractivity contribution in [1.29, 1.82) is 5.26 Å². The SMILES string of the molecule is C=CC#N.C=Cc1ccccc1.C=Cc1ccccc1.C=Cc1ccccc1. The maximum absolute atomic E-state index is 7.51. The van der Waals surface area contributed by atoms with Crippen molar-refractivity contribution in [1.82, 2.24) is 0 Å². The van der Waals surface area contributed by atoms with Gasteiger partial charge in [-0.05, 0) is 16.7 Å². The van der Waals surface area contributed by atoms with Crippen LogP contribution in [-0.4, -0.2) is 0 Å². The molecule has 0 aliphatic rings. The molecule has 1 nitrogen and oxygen atoms in total. The second-order valence-corrected chi connectivity index (χ2v) is 5.18. The molecule has 0 amide bonds. The standard InChI is InChI=1S/3C8H8.C3H3N/c3*1-2-8-6-4-3-5-7-8;1-2-3-4/h3*2-7H,1H2;2H,1H2. The second kappa shape index (κ2) is 17.9. The minimum Gasteiger partial charge on any atom is -0.193 e. The molecule has 0 saturated carbocycles. The summed E-state index contributed by atoms with van der Waals surface area (Å²) >= 11 is 0. The van der Waals surface area contributed by atoms with Gasteiger partial charge in [0, 0.05) is 6.08 Å². The largest absolute Gasteiger partial charge is 0.193 e. The number of rotatable bonds is 3. The van der Waals surface area contributed by atoms with Crippen molar-refractivity contribution in [2.24, 2.45) is 0 Å². The first-order valence-corrected chi connectivity index (χ1v) is 8.74. The van der Waals surface area contributed by atoms with Crippen molar-refractivity contribution < 1.29 is 0 Å². The normalized spacial score (nSPS) is 7.82. The van der Waals surface area contributed by atoms with E-state index in [1.165, 1.54) is 22.8 Å². The van der Waals surface area contributed by atoms with Gasteiger partial charge in [0.2, 0.25) is 0 Å². The van der Waals surface area contributed by atoms with E-state index >= 15 is 0 Å². The number of hydrogen-bond donors (Lipinski definition) is 0. The molecule has 0 saturated heterocycles. The van der Waals surface area contributed by atoms with E-state index in [1.807, 2.05) is 109 Å². The molecule has 0 N–H and O–H groups in total. The van der Waals surface area contributed by atoms with Gasteiger partial charge in [-0.1, -0.05) is 136 Å². The van der Waals surface area contributed by atoms with Gasteiger partial charge >= 0.3 is 0 Å². The van der Waals surface area contributed by atoms with Crippen LogP contribution in [0.1, 0.15) is 16.7 Å². The number of allylic oxidation sites excluding steroid dienone is 1. The highest BCUT2D eigenvalue weighted by molar-refractivity contribution is 5.46. The summed E-state index contributed by atoms with van der Waals surface area (Å²) in [4.78, 5) is 0. The molecule has 3 rings (SSSR count). The first-order chi connectivity index (χ1) is 13.7. The third-order valence-corrected chi connectivity index (χ3v) is 3.20. The van der Waals surface area contributed by atoms with Gasteiger partial charge in [0.05, 0.1) is 6.07 Å². The zero-order chi connectivity index (χ0) is 20.9. The zero-order valence-corrected chi connectivity index (χ0v) is 16.2. The number of benzene rings is 3. The zero-order valence-electron chi connectivity index (χ0n) is 16.2. The van der Waals surface area contributed by atoms with Crippen molar-refractivity contribution in [3.8, 4) is 6.07 Å². The monoisotopic (exact) mass is 365 g/mol. The molecular formula is C27H27N. The third kappa shape index (κ3) is 13.4. The fourth-order valence-electron chi connectivity index (χ4n) is 1.77. The van der Waals surface area contributed by atoms with Gasteiger partial charge in [-0.25, -0.2) is 0 Å². The van der Waals surface area contributed by atoms with Gasteiger partial charge in [-0.15, -0.1) is 0 Å². The number of nitrogens with zero attached hydrogens (tertiary/aromatic N) is 1. The van der Waals surface area contributed by atoms with Crippen LogP contribution in [0.15, 0.2) is 123 Å². The lowest BCUT2D eigenvalue weighted by Gasteiger charge is -1.85. The van der Waals surface area contributed by atoms with Crippen LogP contribution in [0, 0.1) is 11.3 Å². The lowest BCUT2D eigenvalue weighted by Crippen LogP contribution is -1.63. The smallest absolute Gasteiger partial charge is 0.0905 e. The molecule has 0 radical (unpaired) electrons. The van der Waals surface area contributed by atoms with Gasteiger partial charge < -0.3 is 0 Å². The summed E-state index contributed by atoms with van der Waals surface area (Å²) in [5, 5.41) is 7.51. The Kier molecular flexibility index (Phi) is 15.4. The number of nitriles is 1. The summed E-state index contributed by atoms with van der Waals surface area (Å²) in [6, 6.07) is 31.8. The summed E-state index contributed by atoms with van der Waals surface area (Å²) in [7, 11) is 0. The van der Waals surface area contributed by atoms with E-state index in [9.17, 15) is 0 Å². The molecule has 0 unspecified atom stereocenters. The highest BCUT2D eigenvalue weighted by Gasteiger charge is 1.77. The molecule has 0 aliphatic carbocycles. The Labute approximate surface area is 169 Å². The van der Waals surface area contributed by atoms with E-state index in [2.05, 4.69) is 26.3 Å². The molecule has 28 heavy (non-hydrogen) atoms. The van der Waals surface area contributed by atoms with Crippen molar-refractivity contribution >= 4 is 18.2 Å². The second-order valence-electron chi connectivity index (χ2n) is 5.18. The van der Waals surface area contributed by atoms with Crippen molar-refractivity contribution in [3.63, 3.8) is 0 Å². The van der Waals surface area contributed by atoms with Crippen LogP contribution < -0.4 is 0 Å². The molecule has 1 heteroatoms. The summed E-state index contributed by atoms with van der Waals surface area (Å²) in [6.45, 7) is 14.0. The summed E-state index contributed by atoms with van der Waals surface area (Å²) in [5.74, 6) is 0. The molecule has 0 aromatic heterocycles. The van der Waals surface area contributed by atoms with E-state index in [-0.39, 0.29) is 0 Å². The highest BCUT2D eigenvalue weighted by Crippen LogP contribution is 1.98. The quantitative estimate of drug-likeness (QED) is 0.436. The Morgan fingerprint density at radius 1 is 0.500 bits per heavy atom. The molecule has 3 aromatic rings. The molecular weight excluding hydrogens is 338 g/mol. The van der Waals surface area contributed by atoms with Crippen LogP contribution in [-0.2, 0) is 0 Å². The van der Waals surface area contributed by atoms with Crippen LogP contribution in [0.4, 0.5) is 0 Å². The van der Waals surface area contributed by atoms with Crippen molar-refractivity contribution in [2.45, 2.75) is 0 Å². The molecule has 0 atom stereocenters. The molecule has 140 valence electrons. The predicted molar refractivity (Wildman–Crippen MR) is 125 cm³/mol. The van der Waals surface area contributed by atoms with Gasteiger partial charge in [-0.3, -0.25) is 0 Å². The van der Waals surface area contributed by atoms with E-state index in [4.69, 9.17) is 5.26 Å². The Bertz CT molecular complexity index is 722. The first kappa shape index (κ1) is 24.1. The molecule has 0 spiro atoms. The summed E-state index contributed by atoms with van der Waals surface area (Å²) < 4.78 is 0. The molecule has 0 bridgehead atoms. The topological polar surface area (TPSA) is 23.8 Å². The highest BCUT2D eigenvalue weighted by atomic mass is 14.2. The maximum Gasteiger partial charge on any atom is 0.0905 e. The van der Waals surface area contributed by atoms with Crippen molar-refractivity contribution in [3.05, 3.63) is 140 Å². The Morgan fingerprint density at radius 2 is 0.714 bits per heavy atom. The van der Waals surface area contributed by atoms with E-state index < -0.39 is 0 Å². The third-order valence-electron chi connectivity index (χ3n) is 3.20. The van der Waals surface area contributed by atoms with E-state index in [1.54, 1.807) is 6.07 Å². The molecule has 0 aliphatic heterocycles. The van der Waals surface area contributed by atoms with Gasteiger partial charge in [0.1, 0.15) is 0 Å². The molecule has 3 aromatic carbocycles. The number of hydrogen-bond acceptors (Lipinski definition) is 1. The lowest BCUT2D eigenvalue weighted by molar-refractivity contribution is 1.54. The minimum atomic E-state index is 1.17. The van der Waals surface area contributed by atoms with Crippen LogP contribution in [0.2, 0.25) is 0 Å². The van der Waals surface area contributed by atoms with E-state index in [0.717, 1.165) is 0 Å². The summed E-state index contributed by atoms with van der Waals surface area (Å²) in [5.41, 5.74) is 3.52. The van der Waals surface area contributed by atoms with Gasteiger partial charge in [0.15, 0.2) is 0 Å². The minimum absolute atomic E-state index is 1.17. The Hall–Kier alpha value is -3.89. The lowest BCUT2D eigenvalue weighted by atomic mass is 10.2. The molecule has 0 fully saturated rings. The fraction of sp³-hybridized carbons (Fsp3) is 0. The van der Waals surface area contributed by atoms with Gasteiger partial charge in [-0.2, -0.15) is 5.26 Å². The average Bonchev–Trinajstić information content (AvgIpc) is 2.81. The van der Waals surface area contributed by atoms with E-state index in [0.29, 0.717) is 0 Å². The molecule has 0 heterocycles. The Morgan fingerprint density at radius 3 is 0.821 bits per heavy atom. The van der Waals surface area contributed by atoms with Crippen LogP contribution in [0.25, 0.3) is 18.2 Å². The van der Waals surface area contributed by atoms with Crippen molar-refractivity contribution in [2.75, 3.05) is 0 Å². The van der Waals surface area contributed by atoms with Crippen LogP contribution >= 0.6 is 0 Å². The summed E-state index contributed by atoms with van der Waals surface area (Å²) in [6.07, 6.45) is 6.68. The first-order valence-electron chi connectivity index (χ1n) is 8.74. The van der Waals surface area contributed by atoms with Gasteiger partial charge in [0.25, 0.3) is 0 Å². The fourth-order valence-corrected chi connectivity index (χ4v) is 1.77.